The molecule has 144 valence electrons. The highest BCUT2D eigenvalue weighted by Gasteiger charge is 2.37. The fourth-order valence-corrected chi connectivity index (χ4v) is 4.64. The lowest BCUT2D eigenvalue weighted by Gasteiger charge is -2.25. The van der Waals surface area contributed by atoms with Crippen LogP contribution in [-0.2, 0) is 5.54 Å². The molecule has 3 nitrogen and oxygen atoms in total. The lowest BCUT2D eigenvalue weighted by Crippen LogP contribution is -2.54. The first-order valence-corrected chi connectivity index (χ1v) is 10.0. The molecule has 4 rings (SSSR count). The van der Waals surface area contributed by atoms with Crippen molar-refractivity contribution in [2.45, 2.75) is 60.9 Å². The molecule has 3 heteroatoms. The molecule has 3 heterocycles. The monoisotopic (exact) mass is 372 g/mol. The number of pyridine rings is 2. The zero-order valence-corrected chi connectivity index (χ0v) is 18.3. The van der Waals surface area contributed by atoms with E-state index in [1.54, 1.807) is 0 Å². The van der Waals surface area contributed by atoms with Gasteiger partial charge < -0.3 is 0 Å². The molecule has 0 radical (unpaired) electrons. The topological polar surface area (TPSA) is 21.2 Å². The van der Waals surface area contributed by atoms with Gasteiger partial charge in [-0.1, -0.05) is 12.1 Å². The minimum atomic E-state index is -0.188. The van der Waals surface area contributed by atoms with Crippen LogP contribution in [0.15, 0.2) is 36.5 Å². The van der Waals surface area contributed by atoms with E-state index in [9.17, 15) is 0 Å². The Morgan fingerprint density at radius 3 is 2.29 bits per heavy atom. The summed E-state index contributed by atoms with van der Waals surface area (Å²) in [5.74, 6) is 0. The van der Waals surface area contributed by atoms with E-state index < -0.39 is 0 Å². The van der Waals surface area contributed by atoms with Crippen molar-refractivity contribution in [1.82, 2.24) is 9.38 Å². The molecular formula is C25H30N3+. The summed E-state index contributed by atoms with van der Waals surface area (Å²) in [5.41, 5.74) is 11.5. The van der Waals surface area contributed by atoms with E-state index in [0.717, 1.165) is 5.52 Å². The Bertz CT molecular complexity index is 1240. The van der Waals surface area contributed by atoms with Crippen LogP contribution < -0.4 is 4.57 Å². The molecule has 28 heavy (non-hydrogen) atoms. The molecule has 3 aromatic heterocycles. The Kier molecular flexibility index (Phi) is 4.11. The van der Waals surface area contributed by atoms with E-state index in [-0.39, 0.29) is 5.54 Å². The molecule has 0 atom stereocenters. The maximum Gasteiger partial charge on any atom is 0.290 e. The van der Waals surface area contributed by atoms with Gasteiger partial charge in [0.15, 0.2) is 0 Å². The second-order valence-electron chi connectivity index (χ2n) is 8.60. The molecule has 0 amide bonds. The third-order valence-electron chi connectivity index (χ3n) is 6.83. The molecule has 0 bridgehead atoms. The van der Waals surface area contributed by atoms with Crippen molar-refractivity contribution in [3.05, 3.63) is 75.9 Å². The highest BCUT2D eigenvalue weighted by molar-refractivity contribution is 5.79. The van der Waals surface area contributed by atoms with Crippen LogP contribution in [0.3, 0.4) is 0 Å². The minimum Gasteiger partial charge on any atom is -0.256 e. The number of nitrogens with zero attached hydrogens (tertiary/aromatic N) is 3. The van der Waals surface area contributed by atoms with E-state index in [1.807, 2.05) is 12.3 Å². The second-order valence-corrected chi connectivity index (χ2v) is 8.60. The van der Waals surface area contributed by atoms with Crippen LogP contribution in [0.1, 0.15) is 53.2 Å². The van der Waals surface area contributed by atoms with Gasteiger partial charge in [-0.15, -0.1) is 0 Å². The molecule has 0 unspecified atom stereocenters. The summed E-state index contributed by atoms with van der Waals surface area (Å²) in [5, 5.41) is 1.19. The Balaban J connectivity index is 2.08. The van der Waals surface area contributed by atoms with Gasteiger partial charge in [-0.3, -0.25) is 4.98 Å². The van der Waals surface area contributed by atoms with Crippen LogP contribution >= 0.6 is 0 Å². The van der Waals surface area contributed by atoms with Gasteiger partial charge in [-0.2, -0.15) is 4.40 Å². The van der Waals surface area contributed by atoms with Gasteiger partial charge in [-0.25, -0.2) is 4.57 Å². The Labute approximate surface area is 167 Å². The van der Waals surface area contributed by atoms with Crippen molar-refractivity contribution in [1.29, 1.82) is 0 Å². The summed E-state index contributed by atoms with van der Waals surface area (Å²) in [6, 6.07) is 10.8. The fourth-order valence-electron chi connectivity index (χ4n) is 4.64. The van der Waals surface area contributed by atoms with Crippen LogP contribution in [0.2, 0.25) is 0 Å². The first kappa shape index (κ1) is 18.7. The van der Waals surface area contributed by atoms with E-state index >= 15 is 0 Å². The van der Waals surface area contributed by atoms with Gasteiger partial charge in [0.1, 0.15) is 22.6 Å². The normalized spacial score (nSPS) is 12.3. The summed E-state index contributed by atoms with van der Waals surface area (Å²) in [6.07, 6.45) is 1.86. The minimum absolute atomic E-state index is 0.188. The highest BCUT2D eigenvalue weighted by atomic mass is 15.2. The van der Waals surface area contributed by atoms with Gasteiger partial charge in [0.2, 0.25) is 0 Å². The Hall–Kier alpha value is -2.68. The molecule has 4 aromatic rings. The first-order valence-electron chi connectivity index (χ1n) is 10.0. The number of fused-ring (bicyclic) bond motifs is 2. The van der Waals surface area contributed by atoms with Crippen molar-refractivity contribution in [2.24, 2.45) is 0 Å². The fraction of sp³-hybridized carbons (Fsp3) is 0.360. The van der Waals surface area contributed by atoms with Gasteiger partial charge in [0.05, 0.1) is 5.52 Å². The molecular weight excluding hydrogens is 342 g/mol. The highest BCUT2D eigenvalue weighted by Crippen LogP contribution is 2.30. The standard InChI is InChI=1S/C25H30N3/c1-15-16(2)18(4)27-19(5)20(6)28(24(27)17(15)3)25(7,8)22-11-12-23-21(14-22)10-9-13-26-23/h9-14H,1-8H3/q+1. The molecule has 0 fully saturated rings. The van der Waals surface area contributed by atoms with Crippen molar-refractivity contribution in [3.63, 3.8) is 0 Å². The summed E-state index contributed by atoms with van der Waals surface area (Å²) < 4.78 is 4.96. The zero-order valence-electron chi connectivity index (χ0n) is 18.3. The number of imidazole rings is 1. The van der Waals surface area contributed by atoms with Crippen LogP contribution in [0.25, 0.3) is 16.6 Å². The SMILES string of the molecule is Cc1c(C)c(C)n2c(C)c(C)[n+](C(C)(C)c3ccc4ncccc4c3)c2c1C. The van der Waals surface area contributed by atoms with Gasteiger partial charge in [0, 0.05) is 31.0 Å². The molecule has 1 aromatic carbocycles. The van der Waals surface area contributed by atoms with E-state index in [4.69, 9.17) is 0 Å². The molecule has 0 spiro atoms. The average molecular weight is 373 g/mol. The van der Waals surface area contributed by atoms with Crippen LogP contribution in [-0.4, -0.2) is 9.38 Å². The number of aromatic nitrogens is 3. The number of aryl methyl sites for hydroxylation is 3. The predicted molar refractivity (Wildman–Crippen MR) is 116 cm³/mol. The Morgan fingerprint density at radius 1 is 0.857 bits per heavy atom. The lowest BCUT2D eigenvalue weighted by molar-refractivity contribution is -0.728. The van der Waals surface area contributed by atoms with Crippen molar-refractivity contribution in [2.75, 3.05) is 0 Å². The Morgan fingerprint density at radius 2 is 1.57 bits per heavy atom. The second kappa shape index (κ2) is 6.16. The third-order valence-corrected chi connectivity index (χ3v) is 6.83. The summed E-state index contributed by atoms with van der Waals surface area (Å²) in [7, 11) is 0. The number of benzene rings is 1. The van der Waals surface area contributed by atoms with Gasteiger partial charge >= 0.3 is 0 Å². The zero-order chi connectivity index (χ0) is 20.4. The van der Waals surface area contributed by atoms with Crippen molar-refractivity contribution in [3.8, 4) is 0 Å². The van der Waals surface area contributed by atoms with E-state index in [2.05, 4.69) is 93.6 Å². The molecule has 0 N–H and O–H groups in total. The van der Waals surface area contributed by atoms with E-state index in [1.165, 1.54) is 50.4 Å². The molecule has 0 aliphatic carbocycles. The lowest BCUT2D eigenvalue weighted by atomic mass is 9.91. The average Bonchev–Trinajstić information content (AvgIpc) is 2.96. The number of hydrogen-bond donors (Lipinski definition) is 0. The molecule has 0 aliphatic heterocycles. The molecule has 0 saturated heterocycles. The summed E-state index contributed by atoms with van der Waals surface area (Å²) >= 11 is 0. The van der Waals surface area contributed by atoms with Crippen LogP contribution in [0.4, 0.5) is 0 Å². The van der Waals surface area contributed by atoms with Crippen molar-refractivity contribution >= 4 is 16.6 Å². The van der Waals surface area contributed by atoms with E-state index in [0.29, 0.717) is 0 Å². The van der Waals surface area contributed by atoms with Gasteiger partial charge in [0.25, 0.3) is 5.65 Å². The number of hydrogen-bond acceptors (Lipinski definition) is 1. The number of rotatable bonds is 2. The summed E-state index contributed by atoms with van der Waals surface area (Å²) in [6.45, 7) is 18.1. The molecule has 0 saturated carbocycles. The maximum atomic E-state index is 4.48. The third kappa shape index (κ3) is 2.42. The largest absolute Gasteiger partial charge is 0.290 e. The van der Waals surface area contributed by atoms with Crippen LogP contribution in [0.5, 0.6) is 0 Å². The quantitative estimate of drug-likeness (QED) is 0.431. The smallest absolute Gasteiger partial charge is 0.256 e. The summed E-state index contributed by atoms with van der Waals surface area (Å²) in [4.78, 5) is 4.48. The molecule has 0 aliphatic rings. The van der Waals surface area contributed by atoms with Crippen LogP contribution in [0, 0.1) is 41.5 Å². The van der Waals surface area contributed by atoms with Gasteiger partial charge in [-0.05, 0) is 76.4 Å². The maximum absolute atomic E-state index is 4.48. The predicted octanol–water partition coefficient (Wildman–Crippen LogP) is 5.41. The first-order chi connectivity index (χ1) is 13.2. The van der Waals surface area contributed by atoms with Crippen molar-refractivity contribution < 1.29 is 4.57 Å².